The maximum Gasteiger partial charge on any atom is 0.313 e. The normalized spacial score (nSPS) is 21.6. The number of anilines is 1. The molecule has 1 fully saturated rings. The third kappa shape index (κ3) is 4.56. The van der Waals surface area contributed by atoms with E-state index in [1.54, 1.807) is 6.07 Å². The van der Waals surface area contributed by atoms with Crippen molar-refractivity contribution in [2.75, 3.05) is 11.9 Å². The quantitative estimate of drug-likeness (QED) is 0.740. The van der Waals surface area contributed by atoms with Crippen molar-refractivity contribution in [2.45, 2.75) is 38.7 Å². The molecule has 1 aromatic rings. The molecule has 2 atom stereocenters. The molecule has 2 amide bonds. The first-order chi connectivity index (χ1) is 10.1. The number of para-hydroxylation sites is 1. The predicted octanol–water partition coefficient (Wildman–Crippen LogP) is 1.60. The average molecular weight is 290 g/mol. The second-order valence-electron chi connectivity index (χ2n) is 5.67. The Morgan fingerprint density at radius 1 is 1.24 bits per heavy atom. The van der Waals surface area contributed by atoms with Gasteiger partial charge in [-0.2, -0.15) is 0 Å². The van der Waals surface area contributed by atoms with Gasteiger partial charge in [-0.05, 0) is 43.7 Å². The van der Waals surface area contributed by atoms with E-state index in [4.69, 9.17) is 0 Å². The molecule has 1 aliphatic rings. The average Bonchev–Trinajstić information content (AvgIpc) is 2.47. The molecule has 2 unspecified atom stereocenters. The van der Waals surface area contributed by atoms with Gasteiger partial charge in [-0.15, -0.1) is 0 Å². The van der Waals surface area contributed by atoms with Gasteiger partial charge in [-0.1, -0.05) is 24.6 Å². The van der Waals surface area contributed by atoms with Crippen LogP contribution in [0.1, 0.15) is 31.2 Å². The summed E-state index contributed by atoms with van der Waals surface area (Å²) < 4.78 is 0. The largest absolute Gasteiger partial charge is 0.393 e. The molecule has 1 saturated carbocycles. The number of amides is 2. The minimum atomic E-state index is -0.652. The summed E-state index contributed by atoms with van der Waals surface area (Å²) in [5.41, 5.74) is 1.56. The minimum Gasteiger partial charge on any atom is -0.393 e. The van der Waals surface area contributed by atoms with Crippen LogP contribution in [0.4, 0.5) is 5.69 Å². The molecule has 0 aliphatic heterocycles. The standard InChI is InChI=1S/C16H22N2O3/c1-11-5-2-3-8-14(11)18-16(21)15(20)17-10-12-6-4-7-13(19)9-12/h2-3,5,8,12-13,19H,4,6-7,9-10H2,1H3,(H,17,20)(H,18,21). The second-order valence-corrected chi connectivity index (χ2v) is 5.67. The van der Waals surface area contributed by atoms with Crippen LogP contribution in [0.5, 0.6) is 0 Å². The second kappa shape index (κ2) is 7.22. The Bertz CT molecular complexity index is 516. The molecular formula is C16H22N2O3. The number of carbonyl (C=O) groups is 2. The lowest BCUT2D eigenvalue weighted by Gasteiger charge is -2.25. The van der Waals surface area contributed by atoms with Crippen LogP contribution in [0.2, 0.25) is 0 Å². The molecule has 2 rings (SSSR count). The fourth-order valence-electron chi connectivity index (χ4n) is 2.66. The van der Waals surface area contributed by atoms with E-state index in [0.717, 1.165) is 24.8 Å². The molecular weight excluding hydrogens is 268 g/mol. The molecule has 0 saturated heterocycles. The number of aryl methyl sites for hydroxylation is 1. The number of aliphatic hydroxyl groups is 1. The number of benzene rings is 1. The highest BCUT2D eigenvalue weighted by Gasteiger charge is 2.22. The molecule has 0 aromatic heterocycles. The Balaban J connectivity index is 1.80. The first kappa shape index (κ1) is 15.5. The predicted molar refractivity (Wildman–Crippen MR) is 80.8 cm³/mol. The summed E-state index contributed by atoms with van der Waals surface area (Å²) >= 11 is 0. The summed E-state index contributed by atoms with van der Waals surface area (Å²) in [6.07, 6.45) is 3.20. The fraction of sp³-hybridized carbons (Fsp3) is 0.500. The van der Waals surface area contributed by atoms with Crippen LogP contribution in [-0.4, -0.2) is 29.6 Å². The van der Waals surface area contributed by atoms with E-state index in [2.05, 4.69) is 10.6 Å². The van der Waals surface area contributed by atoms with Crippen molar-refractivity contribution < 1.29 is 14.7 Å². The number of aliphatic hydroxyl groups excluding tert-OH is 1. The number of hydrogen-bond donors (Lipinski definition) is 3. The van der Waals surface area contributed by atoms with Gasteiger partial charge in [0, 0.05) is 12.2 Å². The van der Waals surface area contributed by atoms with Crippen molar-refractivity contribution in [1.82, 2.24) is 5.32 Å². The van der Waals surface area contributed by atoms with Crippen molar-refractivity contribution in [3.63, 3.8) is 0 Å². The molecule has 21 heavy (non-hydrogen) atoms. The molecule has 5 nitrogen and oxygen atoms in total. The van der Waals surface area contributed by atoms with Crippen molar-refractivity contribution in [1.29, 1.82) is 0 Å². The summed E-state index contributed by atoms with van der Waals surface area (Å²) in [5, 5.41) is 14.8. The molecule has 0 heterocycles. The summed E-state index contributed by atoms with van der Waals surface area (Å²) in [7, 11) is 0. The van der Waals surface area contributed by atoms with Crippen LogP contribution in [0.25, 0.3) is 0 Å². The van der Waals surface area contributed by atoms with Gasteiger partial charge in [0.2, 0.25) is 0 Å². The van der Waals surface area contributed by atoms with Crippen molar-refractivity contribution >= 4 is 17.5 Å². The molecule has 0 radical (unpaired) electrons. The Morgan fingerprint density at radius 3 is 2.71 bits per heavy atom. The summed E-state index contributed by atoms with van der Waals surface area (Å²) in [5.74, 6) is -1.03. The van der Waals surface area contributed by atoms with Crippen LogP contribution in [-0.2, 0) is 9.59 Å². The topological polar surface area (TPSA) is 78.4 Å². The molecule has 3 N–H and O–H groups in total. The summed E-state index contributed by atoms with van der Waals surface area (Å²) in [4.78, 5) is 23.6. The molecule has 0 spiro atoms. The Labute approximate surface area is 124 Å². The maximum atomic E-state index is 11.8. The van der Waals surface area contributed by atoms with Gasteiger partial charge in [0.25, 0.3) is 0 Å². The number of rotatable bonds is 3. The lowest BCUT2D eigenvalue weighted by atomic mass is 9.87. The molecule has 0 bridgehead atoms. The van der Waals surface area contributed by atoms with Crippen LogP contribution in [0.15, 0.2) is 24.3 Å². The van der Waals surface area contributed by atoms with Crippen molar-refractivity contribution in [3.05, 3.63) is 29.8 Å². The molecule has 1 aliphatic carbocycles. The number of hydrogen-bond acceptors (Lipinski definition) is 3. The lowest BCUT2D eigenvalue weighted by molar-refractivity contribution is -0.136. The molecule has 114 valence electrons. The molecule has 1 aromatic carbocycles. The van der Waals surface area contributed by atoms with Crippen LogP contribution < -0.4 is 10.6 Å². The van der Waals surface area contributed by atoms with Gasteiger partial charge in [-0.25, -0.2) is 0 Å². The summed E-state index contributed by atoms with van der Waals surface area (Å²) in [6, 6.07) is 7.32. The zero-order chi connectivity index (χ0) is 15.2. The fourth-order valence-corrected chi connectivity index (χ4v) is 2.66. The van der Waals surface area contributed by atoms with Gasteiger partial charge >= 0.3 is 11.8 Å². The van der Waals surface area contributed by atoms with Crippen molar-refractivity contribution in [3.8, 4) is 0 Å². The SMILES string of the molecule is Cc1ccccc1NC(=O)C(=O)NCC1CCCC(O)C1. The highest BCUT2D eigenvalue weighted by atomic mass is 16.3. The minimum absolute atomic E-state index is 0.254. The number of nitrogens with one attached hydrogen (secondary N) is 2. The highest BCUT2D eigenvalue weighted by molar-refractivity contribution is 6.39. The van der Waals surface area contributed by atoms with Gasteiger partial charge in [-0.3, -0.25) is 9.59 Å². The summed E-state index contributed by atoms with van der Waals surface area (Å²) in [6.45, 7) is 2.31. The zero-order valence-electron chi connectivity index (χ0n) is 12.3. The third-order valence-electron chi connectivity index (χ3n) is 3.91. The number of carbonyl (C=O) groups excluding carboxylic acids is 2. The maximum absolute atomic E-state index is 11.8. The van der Waals surface area contributed by atoms with Crippen molar-refractivity contribution in [2.24, 2.45) is 5.92 Å². The van der Waals surface area contributed by atoms with Gasteiger partial charge in [0.05, 0.1) is 6.10 Å². The van der Waals surface area contributed by atoms with Gasteiger partial charge in [0.15, 0.2) is 0 Å². The Kier molecular flexibility index (Phi) is 5.33. The van der Waals surface area contributed by atoms with Crippen LogP contribution >= 0.6 is 0 Å². The van der Waals surface area contributed by atoms with E-state index < -0.39 is 11.8 Å². The van der Waals surface area contributed by atoms with E-state index >= 15 is 0 Å². The van der Waals surface area contributed by atoms with Gasteiger partial charge < -0.3 is 15.7 Å². The Morgan fingerprint density at radius 2 is 2.00 bits per heavy atom. The van der Waals surface area contributed by atoms with E-state index in [9.17, 15) is 14.7 Å². The monoisotopic (exact) mass is 290 g/mol. The van der Waals surface area contributed by atoms with E-state index in [-0.39, 0.29) is 12.0 Å². The Hall–Kier alpha value is -1.88. The third-order valence-corrected chi connectivity index (χ3v) is 3.91. The smallest absolute Gasteiger partial charge is 0.313 e. The van der Waals surface area contributed by atoms with Gasteiger partial charge in [0.1, 0.15) is 0 Å². The first-order valence-corrected chi connectivity index (χ1v) is 7.39. The van der Waals surface area contributed by atoms with Crippen LogP contribution in [0, 0.1) is 12.8 Å². The first-order valence-electron chi connectivity index (χ1n) is 7.39. The van der Waals surface area contributed by atoms with E-state index in [1.807, 2.05) is 25.1 Å². The lowest BCUT2D eigenvalue weighted by Crippen LogP contribution is -2.39. The van der Waals surface area contributed by atoms with Crippen LogP contribution in [0.3, 0.4) is 0 Å². The highest BCUT2D eigenvalue weighted by Crippen LogP contribution is 2.23. The zero-order valence-corrected chi connectivity index (χ0v) is 12.3. The molecule has 5 heteroatoms. The van der Waals surface area contributed by atoms with E-state index in [0.29, 0.717) is 18.7 Å². The van der Waals surface area contributed by atoms with E-state index in [1.165, 1.54) is 0 Å².